The van der Waals surface area contributed by atoms with E-state index in [0.29, 0.717) is 5.84 Å². The molecule has 1 fully saturated rings. The highest BCUT2D eigenvalue weighted by Gasteiger charge is 2.61. The van der Waals surface area contributed by atoms with Crippen molar-refractivity contribution >= 4 is 19.9 Å². The van der Waals surface area contributed by atoms with Gasteiger partial charge in [-0.2, -0.15) is 0 Å². The zero-order valence-electron chi connectivity index (χ0n) is 19.1. The van der Waals surface area contributed by atoms with Crippen molar-refractivity contribution in [2.24, 2.45) is 0 Å². The lowest BCUT2D eigenvalue weighted by Gasteiger charge is -2.77. The smallest absolute Gasteiger partial charge is 0.153 e. The number of amidine groups is 1. The van der Waals surface area contributed by atoms with Crippen LogP contribution in [0.1, 0.15) is 57.4 Å². The van der Waals surface area contributed by atoms with Gasteiger partial charge >= 0.3 is 0 Å². The normalized spacial score (nSPS) is 24.8. The van der Waals surface area contributed by atoms with Gasteiger partial charge in [0.15, 0.2) is 5.84 Å². The molecule has 2 aromatic heterocycles. The predicted octanol–water partition coefficient (Wildman–Crippen LogP) is 5.60. The van der Waals surface area contributed by atoms with Crippen molar-refractivity contribution in [2.45, 2.75) is 62.7 Å². The molecular weight excluding hydrogens is 376 g/mol. The van der Waals surface area contributed by atoms with Gasteiger partial charge in [0, 0.05) is 29.2 Å². The highest BCUT2D eigenvalue weighted by molar-refractivity contribution is 8.64. The molecule has 29 heavy (non-hydrogen) atoms. The molecule has 0 radical (unpaired) electrons. The molecule has 0 amide bonds. The average molecular weight is 413 g/mol. The maximum atomic E-state index is 9.06. The average Bonchev–Trinajstić information content (AvgIpc) is 3.51. The summed E-state index contributed by atoms with van der Waals surface area (Å²) in [6.45, 7) is 11.5. The fourth-order valence-corrected chi connectivity index (χ4v) is 11.4. The van der Waals surface area contributed by atoms with E-state index in [0.717, 1.165) is 28.8 Å². The molecule has 1 aliphatic carbocycles. The van der Waals surface area contributed by atoms with Crippen LogP contribution >= 0.6 is 8.29 Å². The fraction of sp³-hybridized carbons (Fsp3) is 0.542. The predicted molar refractivity (Wildman–Crippen MR) is 127 cm³/mol. The first kappa shape index (κ1) is 20.4. The number of hydrogen-bond donors (Lipinski definition) is 1. The summed E-state index contributed by atoms with van der Waals surface area (Å²) in [4.78, 5) is 14.5. The molecular formula is C24H36N4S. The van der Waals surface area contributed by atoms with Gasteiger partial charge in [-0.25, -0.2) is 13.3 Å². The topological polar surface area (TPSA) is 52.9 Å². The largest absolute Gasteiger partial charge is 0.312 e. The van der Waals surface area contributed by atoms with Crippen LogP contribution in [0.5, 0.6) is 0 Å². The summed E-state index contributed by atoms with van der Waals surface area (Å²) in [6, 6.07) is 4.82. The number of hydrogen-bond acceptors (Lipinski definition) is 3. The number of anilines is 1. The van der Waals surface area contributed by atoms with Crippen LogP contribution in [0.25, 0.3) is 0 Å². The summed E-state index contributed by atoms with van der Waals surface area (Å²) in [6.07, 6.45) is 8.99. The molecule has 0 bridgehead atoms. The van der Waals surface area contributed by atoms with Crippen LogP contribution in [0.15, 0.2) is 34.3 Å². The molecule has 1 saturated carbocycles. The van der Waals surface area contributed by atoms with Crippen molar-refractivity contribution in [2.75, 3.05) is 35.5 Å². The monoisotopic (exact) mass is 412 g/mol. The maximum Gasteiger partial charge on any atom is 0.153 e. The first-order valence-electron chi connectivity index (χ1n) is 10.9. The lowest BCUT2D eigenvalue weighted by molar-refractivity contribution is 0.774. The van der Waals surface area contributed by atoms with E-state index in [2.05, 4.69) is 53.0 Å². The van der Waals surface area contributed by atoms with E-state index >= 15 is 0 Å². The van der Waals surface area contributed by atoms with Gasteiger partial charge in [-0.3, -0.25) is 10.4 Å². The van der Waals surface area contributed by atoms with Gasteiger partial charge in [-0.1, -0.05) is 27.7 Å². The minimum Gasteiger partial charge on any atom is -0.312 e. The molecule has 3 heterocycles. The summed E-state index contributed by atoms with van der Waals surface area (Å²) in [5, 5.41) is 9.06. The first-order valence-corrected chi connectivity index (χ1v) is 14.2. The quantitative estimate of drug-likeness (QED) is 0.711. The zero-order valence-corrected chi connectivity index (χ0v) is 19.9. The van der Waals surface area contributed by atoms with Gasteiger partial charge in [0.25, 0.3) is 0 Å². The Morgan fingerprint density at radius 1 is 1.03 bits per heavy atom. The second-order valence-electron chi connectivity index (χ2n) is 10.1. The molecule has 158 valence electrons. The molecule has 1 N–H and O–H groups in total. The third-order valence-electron chi connectivity index (χ3n) is 8.95. The van der Waals surface area contributed by atoms with Crippen LogP contribution in [0, 0.1) is 12.3 Å². The van der Waals surface area contributed by atoms with Crippen molar-refractivity contribution in [1.29, 1.82) is 5.41 Å². The van der Waals surface area contributed by atoms with Gasteiger partial charge in [0.2, 0.25) is 0 Å². The summed E-state index contributed by atoms with van der Waals surface area (Å²) in [5.41, 5.74) is 3.64. The van der Waals surface area contributed by atoms with Crippen LogP contribution in [0.2, 0.25) is 0 Å². The van der Waals surface area contributed by atoms with Crippen LogP contribution in [0.3, 0.4) is 0 Å². The third kappa shape index (κ3) is 2.25. The number of nitrogens with zero attached hydrogens (tertiary/aromatic N) is 3. The van der Waals surface area contributed by atoms with E-state index in [4.69, 9.17) is 15.4 Å². The first-order chi connectivity index (χ1) is 13.5. The lowest BCUT2D eigenvalue weighted by Crippen LogP contribution is -2.44. The minimum atomic E-state index is -3.03. The SMILES string of the molecule is CCS1(C)(CC)(CC)c2cc(C3(C)CC3)cnc2C(=N)N(C)c2ncc(C)cc21. The van der Waals surface area contributed by atoms with Crippen molar-refractivity contribution in [1.82, 2.24) is 9.97 Å². The van der Waals surface area contributed by atoms with Crippen LogP contribution < -0.4 is 4.90 Å². The van der Waals surface area contributed by atoms with Gasteiger partial charge in [-0.15, -0.1) is 0 Å². The molecule has 2 aliphatic rings. The Balaban J connectivity index is 2.26. The zero-order chi connectivity index (χ0) is 21.3. The highest BCUT2D eigenvalue weighted by Crippen LogP contribution is 2.97. The second-order valence-corrected chi connectivity index (χ2v) is 18.4. The van der Waals surface area contributed by atoms with Crippen molar-refractivity contribution in [3.05, 3.63) is 41.3 Å². The Hall–Kier alpha value is -1.88. The summed E-state index contributed by atoms with van der Waals surface area (Å²) >= 11 is 0. The molecule has 0 unspecified atom stereocenters. The van der Waals surface area contributed by atoms with E-state index in [9.17, 15) is 0 Å². The van der Waals surface area contributed by atoms with Crippen molar-refractivity contribution in [3.63, 3.8) is 0 Å². The summed E-state index contributed by atoms with van der Waals surface area (Å²) in [5.74, 6) is 4.53. The van der Waals surface area contributed by atoms with Gasteiger partial charge in [0.05, 0.1) is 0 Å². The minimum absolute atomic E-state index is 0.250. The van der Waals surface area contributed by atoms with E-state index in [-0.39, 0.29) is 5.41 Å². The number of fused-ring (bicyclic) bond motifs is 2. The van der Waals surface area contributed by atoms with Crippen molar-refractivity contribution in [3.8, 4) is 0 Å². The van der Waals surface area contributed by atoms with Crippen molar-refractivity contribution < 1.29 is 0 Å². The van der Waals surface area contributed by atoms with E-state index in [1.165, 1.54) is 33.8 Å². The van der Waals surface area contributed by atoms with E-state index in [1.54, 1.807) is 0 Å². The molecule has 0 aromatic carbocycles. The molecule has 4 nitrogen and oxygen atoms in total. The van der Waals surface area contributed by atoms with E-state index in [1.807, 2.05) is 24.3 Å². The molecule has 0 saturated heterocycles. The third-order valence-corrected chi connectivity index (χ3v) is 18.7. The number of nitrogens with one attached hydrogen (secondary N) is 1. The standard InChI is InChI=1S/C24H36N4S/c1-8-29(7,9-2,10-3)19-14-18(24(5)11-12-24)16-26-21(19)22(25)28(6)23-20(29)13-17(4)15-27-23/h13-16,25H,8-12H2,1-7H3. The van der Waals surface area contributed by atoms with Crippen LogP contribution in [-0.4, -0.2) is 46.4 Å². The summed E-state index contributed by atoms with van der Waals surface area (Å²) < 4.78 is 0. The molecule has 4 rings (SSSR count). The van der Waals surface area contributed by atoms with Crippen LogP contribution in [-0.2, 0) is 5.41 Å². The van der Waals surface area contributed by atoms with Gasteiger partial charge < -0.3 is 4.90 Å². The number of aryl methyl sites for hydroxylation is 1. The van der Waals surface area contributed by atoms with Gasteiger partial charge in [0.1, 0.15) is 11.5 Å². The van der Waals surface area contributed by atoms with E-state index < -0.39 is 8.29 Å². The number of pyridine rings is 2. The summed E-state index contributed by atoms with van der Waals surface area (Å²) in [7, 11) is -1.05. The Bertz CT molecular complexity index is 1040. The van der Waals surface area contributed by atoms with Crippen LogP contribution in [0.4, 0.5) is 5.82 Å². The number of rotatable bonds is 4. The number of aromatic nitrogens is 2. The second kappa shape index (κ2) is 5.63. The lowest BCUT2D eigenvalue weighted by atomic mass is 10.0. The Kier molecular flexibility index (Phi) is 3.96. The fourth-order valence-electron chi connectivity index (χ4n) is 5.25. The molecule has 1 aliphatic heterocycles. The maximum absolute atomic E-state index is 9.06. The Morgan fingerprint density at radius 2 is 1.66 bits per heavy atom. The molecule has 0 spiro atoms. The molecule has 5 heteroatoms. The highest BCUT2D eigenvalue weighted by atomic mass is 32.4. The Labute approximate surface area is 174 Å². The Morgan fingerprint density at radius 3 is 2.21 bits per heavy atom. The molecule has 2 aromatic rings. The molecule has 0 atom stereocenters. The van der Waals surface area contributed by atoms with Gasteiger partial charge in [-0.05, 0) is 72.0 Å².